The van der Waals surface area contributed by atoms with Crippen molar-refractivity contribution < 1.29 is 9.90 Å². The molecule has 0 atom stereocenters. The number of carboxylic acids is 1. The molecule has 0 aliphatic carbocycles. The van der Waals surface area contributed by atoms with E-state index in [0.29, 0.717) is 16.6 Å². The summed E-state index contributed by atoms with van der Waals surface area (Å²) in [5, 5.41) is 11.1. The zero-order chi connectivity index (χ0) is 18.7. The van der Waals surface area contributed by atoms with Gasteiger partial charge in [0, 0.05) is 16.5 Å². The van der Waals surface area contributed by atoms with Crippen LogP contribution in [0.5, 0.6) is 0 Å². The highest BCUT2D eigenvalue weighted by Crippen LogP contribution is 2.38. The van der Waals surface area contributed by atoms with Crippen LogP contribution in [0.3, 0.4) is 0 Å². The van der Waals surface area contributed by atoms with Gasteiger partial charge in [0.1, 0.15) is 0 Å². The Balaban J connectivity index is 2.15. The Kier molecular flexibility index (Phi) is 5.87. The summed E-state index contributed by atoms with van der Waals surface area (Å²) in [5.41, 5.74) is 10.3. The van der Waals surface area contributed by atoms with Crippen molar-refractivity contribution in [3.63, 3.8) is 0 Å². The van der Waals surface area contributed by atoms with E-state index >= 15 is 0 Å². The zero-order valence-corrected chi connectivity index (χ0v) is 15.7. The fourth-order valence-corrected chi connectivity index (χ4v) is 3.61. The van der Waals surface area contributed by atoms with Gasteiger partial charge in [-0.2, -0.15) is 0 Å². The number of unbranched alkanes of at least 4 members (excludes halogenated alkanes) is 1. The van der Waals surface area contributed by atoms with Crippen LogP contribution in [0.25, 0.3) is 22.2 Å². The summed E-state index contributed by atoms with van der Waals surface area (Å²) in [6.07, 6.45) is 2.69. The molecule has 0 aliphatic rings. The average molecular weight is 391 g/mol. The van der Waals surface area contributed by atoms with Crippen LogP contribution < -0.4 is 5.73 Å². The van der Waals surface area contributed by atoms with Crippen molar-refractivity contribution in [3.8, 4) is 11.3 Å². The number of hydrogen-bond donors (Lipinski definition) is 3. The van der Waals surface area contributed by atoms with Gasteiger partial charge in [-0.05, 0) is 55.1 Å². The molecule has 0 radical (unpaired) electrons. The lowest BCUT2D eigenvalue weighted by Crippen LogP contribution is -2.00. The predicted molar refractivity (Wildman–Crippen MR) is 107 cm³/mol. The van der Waals surface area contributed by atoms with Gasteiger partial charge in [-0.15, -0.1) is 0 Å². The molecule has 2 aromatic carbocycles. The van der Waals surface area contributed by atoms with Gasteiger partial charge >= 0.3 is 5.97 Å². The first-order valence-electron chi connectivity index (χ1n) is 8.51. The molecule has 6 heteroatoms. The van der Waals surface area contributed by atoms with E-state index in [-0.39, 0.29) is 6.42 Å². The number of aliphatic carboxylic acids is 1. The molecule has 26 heavy (non-hydrogen) atoms. The average Bonchev–Trinajstić information content (AvgIpc) is 2.95. The summed E-state index contributed by atoms with van der Waals surface area (Å²) in [6.45, 7) is 0.639. The molecule has 1 aromatic heterocycles. The van der Waals surface area contributed by atoms with Crippen LogP contribution in [0, 0.1) is 0 Å². The summed E-state index contributed by atoms with van der Waals surface area (Å²) in [7, 11) is 0. The number of carbonyl (C=O) groups is 1. The fraction of sp³-hybridized carbons (Fsp3) is 0.250. The second-order valence-corrected chi connectivity index (χ2v) is 7.06. The standard InChI is InChI=1S/C20H20Cl2N2O2/c21-16-6-3-5-14(19(16)22)20-13(4-1-2-9-23)15-10-12(11-18(25)26)7-8-17(15)24-20/h3,5-8,10,24H,1-2,4,9,11,23H2,(H,25,26). The van der Waals surface area contributed by atoms with Crippen molar-refractivity contribution >= 4 is 40.1 Å². The highest BCUT2D eigenvalue weighted by molar-refractivity contribution is 6.43. The number of benzene rings is 2. The van der Waals surface area contributed by atoms with Crippen LogP contribution in [0.4, 0.5) is 0 Å². The zero-order valence-electron chi connectivity index (χ0n) is 14.2. The second kappa shape index (κ2) is 8.12. The summed E-state index contributed by atoms with van der Waals surface area (Å²) < 4.78 is 0. The summed E-state index contributed by atoms with van der Waals surface area (Å²) in [5.74, 6) is -0.845. The van der Waals surface area contributed by atoms with E-state index in [1.165, 1.54) is 0 Å². The van der Waals surface area contributed by atoms with Crippen molar-refractivity contribution in [2.75, 3.05) is 6.54 Å². The number of aromatic amines is 1. The maximum atomic E-state index is 11.1. The van der Waals surface area contributed by atoms with Crippen molar-refractivity contribution in [2.24, 2.45) is 5.73 Å². The van der Waals surface area contributed by atoms with Crippen LogP contribution in [0.15, 0.2) is 36.4 Å². The van der Waals surface area contributed by atoms with Gasteiger partial charge in [0.25, 0.3) is 0 Å². The minimum absolute atomic E-state index is 0.00336. The molecule has 0 saturated heterocycles. The molecule has 0 saturated carbocycles. The van der Waals surface area contributed by atoms with Crippen LogP contribution in [-0.2, 0) is 17.6 Å². The number of aromatic nitrogens is 1. The summed E-state index contributed by atoms with van der Waals surface area (Å²) in [4.78, 5) is 14.5. The molecule has 0 amide bonds. The van der Waals surface area contributed by atoms with Gasteiger partial charge in [-0.1, -0.05) is 41.4 Å². The van der Waals surface area contributed by atoms with Crippen LogP contribution in [0.2, 0.25) is 10.0 Å². The Morgan fingerprint density at radius 1 is 1.15 bits per heavy atom. The van der Waals surface area contributed by atoms with Crippen LogP contribution >= 0.6 is 23.2 Å². The molecule has 1 heterocycles. The quantitative estimate of drug-likeness (QED) is 0.493. The SMILES string of the molecule is NCCCCc1c(-c2cccc(Cl)c2Cl)[nH]c2ccc(CC(=O)O)cc12. The number of hydrogen-bond acceptors (Lipinski definition) is 2. The minimum atomic E-state index is -0.845. The van der Waals surface area contributed by atoms with E-state index in [2.05, 4.69) is 4.98 Å². The van der Waals surface area contributed by atoms with Crippen molar-refractivity contribution in [1.82, 2.24) is 4.98 Å². The van der Waals surface area contributed by atoms with Crippen molar-refractivity contribution in [3.05, 3.63) is 57.6 Å². The van der Waals surface area contributed by atoms with Gasteiger partial charge in [0.15, 0.2) is 0 Å². The Morgan fingerprint density at radius 3 is 2.69 bits per heavy atom. The number of carboxylic acid groups (broad SMARTS) is 1. The largest absolute Gasteiger partial charge is 0.481 e. The smallest absolute Gasteiger partial charge is 0.307 e. The topological polar surface area (TPSA) is 79.1 Å². The number of nitrogens with two attached hydrogens (primary N) is 1. The Morgan fingerprint density at radius 2 is 1.96 bits per heavy atom. The lowest BCUT2D eigenvalue weighted by Gasteiger charge is -2.08. The maximum Gasteiger partial charge on any atom is 0.307 e. The van der Waals surface area contributed by atoms with E-state index in [9.17, 15) is 4.79 Å². The number of halogens is 2. The molecular weight excluding hydrogens is 371 g/mol. The Labute approximate surface area is 161 Å². The van der Waals surface area contributed by atoms with Crippen molar-refractivity contribution in [2.45, 2.75) is 25.7 Å². The van der Waals surface area contributed by atoms with E-state index in [1.807, 2.05) is 30.3 Å². The van der Waals surface area contributed by atoms with E-state index < -0.39 is 5.97 Å². The highest BCUT2D eigenvalue weighted by atomic mass is 35.5. The maximum absolute atomic E-state index is 11.1. The number of nitrogens with one attached hydrogen (secondary N) is 1. The summed E-state index contributed by atoms with van der Waals surface area (Å²) in [6, 6.07) is 11.3. The summed E-state index contributed by atoms with van der Waals surface area (Å²) >= 11 is 12.6. The molecule has 0 spiro atoms. The first kappa shape index (κ1) is 18.8. The Bertz CT molecular complexity index is 950. The highest BCUT2D eigenvalue weighted by Gasteiger charge is 2.17. The van der Waals surface area contributed by atoms with Gasteiger partial charge in [-0.25, -0.2) is 0 Å². The van der Waals surface area contributed by atoms with Gasteiger partial charge in [0.05, 0.1) is 22.2 Å². The minimum Gasteiger partial charge on any atom is -0.481 e. The van der Waals surface area contributed by atoms with E-state index in [4.69, 9.17) is 34.0 Å². The lowest BCUT2D eigenvalue weighted by atomic mass is 9.99. The van der Waals surface area contributed by atoms with Crippen molar-refractivity contribution in [1.29, 1.82) is 0 Å². The molecule has 4 N–H and O–H groups in total. The molecule has 136 valence electrons. The normalized spacial score (nSPS) is 11.2. The second-order valence-electron chi connectivity index (χ2n) is 6.28. The fourth-order valence-electron chi connectivity index (χ4n) is 3.21. The first-order valence-corrected chi connectivity index (χ1v) is 9.26. The molecular formula is C20H20Cl2N2O2. The number of fused-ring (bicyclic) bond motifs is 1. The molecule has 0 bridgehead atoms. The van der Waals surface area contributed by atoms with Gasteiger partial charge in [0.2, 0.25) is 0 Å². The molecule has 0 aliphatic heterocycles. The first-order chi connectivity index (χ1) is 12.5. The lowest BCUT2D eigenvalue weighted by molar-refractivity contribution is -0.136. The third kappa shape index (κ3) is 3.88. The molecule has 0 fully saturated rings. The molecule has 3 aromatic rings. The predicted octanol–water partition coefficient (Wildman–Crippen LogP) is 5.05. The van der Waals surface area contributed by atoms with Crippen LogP contribution in [-0.4, -0.2) is 22.6 Å². The number of aryl methyl sites for hydroxylation is 1. The molecule has 0 unspecified atom stereocenters. The molecule has 4 nitrogen and oxygen atoms in total. The third-order valence-electron chi connectivity index (χ3n) is 4.43. The van der Waals surface area contributed by atoms with Crippen LogP contribution in [0.1, 0.15) is 24.0 Å². The number of rotatable bonds is 7. The molecule has 3 rings (SSSR count). The van der Waals surface area contributed by atoms with E-state index in [0.717, 1.165) is 52.5 Å². The van der Waals surface area contributed by atoms with Gasteiger partial charge in [-0.3, -0.25) is 4.79 Å². The Hall–Kier alpha value is -2.01. The monoisotopic (exact) mass is 390 g/mol. The van der Waals surface area contributed by atoms with E-state index in [1.54, 1.807) is 6.07 Å². The van der Waals surface area contributed by atoms with Gasteiger partial charge < -0.3 is 15.8 Å². The number of H-pyrrole nitrogens is 1. The third-order valence-corrected chi connectivity index (χ3v) is 5.25.